The zero-order chi connectivity index (χ0) is 11.9. The standard InChI is InChI=1S/C11H12Br3NTe/c1-15(2)7-10-11(12)8-5-3-4-6-9(8)16(10,13)14/h3-6H,7H2,1-2H3. The molecule has 88 valence electrons. The van der Waals surface area contributed by atoms with Crippen LogP contribution in [-0.2, 0) is 0 Å². The van der Waals surface area contributed by atoms with E-state index in [9.17, 15) is 0 Å². The van der Waals surface area contributed by atoms with E-state index in [2.05, 4.69) is 84.7 Å². The van der Waals surface area contributed by atoms with Crippen molar-refractivity contribution in [3.63, 3.8) is 0 Å². The molecule has 1 aromatic carbocycles. The summed E-state index contributed by atoms with van der Waals surface area (Å²) in [7, 11) is 4.21. The molecule has 0 aliphatic carbocycles. The minimum atomic E-state index is -2.38. The van der Waals surface area contributed by atoms with E-state index in [0.29, 0.717) is 0 Å². The van der Waals surface area contributed by atoms with Crippen molar-refractivity contribution in [1.82, 2.24) is 4.90 Å². The molecule has 0 saturated heterocycles. The van der Waals surface area contributed by atoms with Crippen LogP contribution in [0.4, 0.5) is 0 Å². The van der Waals surface area contributed by atoms with Gasteiger partial charge in [0.25, 0.3) is 0 Å². The Morgan fingerprint density at radius 2 is 1.81 bits per heavy atom. The van der Waals surface area contributed by atoms with Crippen molar-refractivity contribution in [2.45, 2.75) is 0 Å². The van der Waals surface area contributed by atoms with Crippen LogP contribution in [-0.4, -0.2) is 39.3 Å². The third kappa shape index (κ3) is 2.32. The Morgan fingerprint density at radius 1 is 1.19 bits per heavy atom. The Balaban J connectivity index is 2.53. The van der Waals surface area contributed by atoms with Gasteiger partial charge in [0.1, 0.15) is 0 Å². The van der Waals surface area contributed by atoms with Gasteiger partial charge < -0.3 is 0 Å². The van der Waals surface area contributed by atoms with Crippen LogP contribution in [0.25, 0.3) is 4.48 Å². The number of hydrogen-bond donors (Lipinski definition) is 0. The van der Waals surface area contributed by atoms with E-state index in [0.717, 1.165) is 6.54 Å². The van der Waals surface area contributed by atoms with Gasteiger partial charge in [0.05, 0.1) is 0 Å². The molecule has 16 heavy (non-hydrogen) atoms. The second-order valence-corrected chi connectivity index (χ2v) is 28.9. The maximum absolute atomic E-state index is 3.97. The Hall–Kier alpha value is 1.15. The molecule has 0 atom stereocenters. The summed E-state index contributed by atoms with van der Waals surface area (Å²) >= 11 is 9.31. The van der Waals surface area contributed by atoms with E-state index < -0.39 is 13.8 Å². The summed E-state index contributed by atoms with van der Waals surface area (Å²) in [5.74, 6) is 0. The van der Waals surface area contributed by atoms with Crippen LogP contribution in [0, 0.1) is 0 Å². The molecule has 1 aliphatic rings. The molecule has 0 bridgehead atoms. The molecule has 0 unspecified atom stereocenters. The van der Waals surface area contributed by atoms with Gasteiger partial charge in [-0.2, -0.15) is 0 Å². The molecule has 0 aromatic heterocycles. The number of hydrogen-bond acceptors (Lipinski definition) is 1. The molecule has 0 amide bonds. The molecule has 5 heteroatoms. The van der Waals surface area contributed by atoms with Gasteiger partial charge in [-0.3, -0.25) is 0 Å². The molecule has 0 saturated carbocycles. The first kappa shape index (κ1) is 13.6. The van der Waals surface area contributed by atoms with E-state index in [1.807, 2.05) is 0 Å². The average Bonchev–Trinajstić information content (AvgIpc) is 2.41. The third-order valence-corrected chi connectivity index (χ3v) is 19.4. The van der Waals surface area contributed by atoms with Gasteiger partial charge in [-0.05, 0) is 0 Å². The van der Waals surface area contributed by atoms with Crippen molar-refractivity contribution < 1.29 is 0 Å². The third-order valence-electron chi connectivity index (χ3n) is 2.41. The average molecular weight is 526 g/mol. The fraction of sp³-hybridized carbons (Fsp3) is 0.273. The second-order valence-electron chi connectivity index (χ2n) is 3.94. The van der Waals surface area contributed by atoms with Crippen LogP contribution >= 0.6 is 41.4 Å². The summed E-state index contributed by atoms with van der Waals surface area (Å²) in [6, 6.07) is 8.62. The number of halogens is 3. The van der Waals surface area contributed by atoms with Gasteiger partial charge in [0.15, 0.2) is 0 Å². The molecular weight excluding hydrogens is 513 g/mol. The molecule has 1 heterocycles. The Kier molecular flexibility index (Phi) is 4.27. The van der Waals surface area contributed by atoms with Crippen molar-refractivity contribution in [2.75, 3.05) is 20.6 Å². The topological polar surface area (TPSA) is 3.24 Å². The number of fused-ring (bicyclic) bond motifs is 1. The van der Waals surface area contributed by atoms with Gasteiger partial charge in [0.2, 0.25) is 0 Å². The van der Waals surface area contributed by atoms with Crippen molar-refractivity contribution in [3.8, 4) is 0 Å². The van der Waals surface area contributed by atoms with Gasteiger partial charge in [-0.15, -0.1) is 0 Å². The van der Waals surface area contributed by atoms with E-state index >= 15 is 0 Å². The summed E-state index contributed by atoms with van der Waals surface area (Å²) in [4.78, 5) is 2.21. The quantitative estimate of drug-likeness (QED) is 0.536. The predicted octanol–water partition coefficient (Wildman–Crippen LogP) is 3.35. The van der Waals surface area contributed by atoms with Gasteiger partial charge >= 0.3 is 122 Å². The predicted molar refractivity (Wildman–Crippen MR) is 84.1 cm³/mol. The number of benzene rings is 1. The van der Waals surface area contributed by atoms with E-state index in [1.165, 1.54) is 17.3 Å². The van der Waals surface area contributed by atoms with Crippen molar-refractivity contribution in [2.24, 2.45) is 0 Å². The Bertz CT molecular complexity index is 454. The fourth-order valence-electron chi connectivity index (χ4n) is 1.70. The SMILES string of the molecule is CN(C)CC1=C(Br)c2ccccc2[Te]1(Br)Br. The van der Waals surface area contributed by atoms with Crippen LogP contribution in [0.2, 0.25) is 0 Å². The van der Waals surface area contributed by atoms with E-state index in [-0.39, 0.29) is 0 Å². The summed E-state index contributed by atoms with van der Waals surface area (Å²) in [6.45, 7) is 0.993. The molecular formula is C11H12Br3NTe. The van der Waals surface area contributed by atoms with Gasteiger partial charge in [0, 0.05) is 0 Å². The van der Waals surface area contributed by atoms with Crippen molar-refractivity contribution in [3.05, 3.63) is 33.4 Å². The fourth-order valence-corrected chi connectivity index (χ4v) is 19.4. The second kappa shape index (κ2) is 5.03. The first-order valence-electron chi connectivity index (χ1n) is 4.80. The molecule has 0 radical (unpaired) electrons. The molecule has 0 fully saturated rings. The molecule has 2 rings (SSSR count). The Labute approximate surface area is 121 Å². The Morgan fingerprint density at radius 3 is 2.38 bits per heavy atom. The summed E-state index contributed by atoms with van der Waals surface area (Å²) in [5.41, 5.74) is 1.34. The molecule has 1 aliphatic heterocycles. The monoisotopic (exact) mass is 525 g/mol. The van der Waals surface area contributed by atoms with Crippen LogP contribution < -0.4 is 3.61 Å². The van der Waals surface area contributed by atoms with E-state index in [4.69, 9.17) is 0 Å². The van der Waals surface area contributed by atoms with E-state index in [1.54, 1.807) is 0 Å². The van der Waals surface area contributed by atoms with Crippen LogP contribution in [0.3, 0.4) is 0 Å². The number of nitrogens with zero attached hydrogens (tertiary/aromatic N) is 1. The number of likely N-dealkylation sites (N-methyl/N-ethyl adjacent to an activating group) is 1. The molecule has 1 nitrogen and oxygen atoms in total. The van der Waals surface area contributed by atoms with Crippen LogP contribution in [0.5, 0.6) is 0 Å². The number of rotatable bonds is 2. The summed E-state index contributed by atoms with van der Waals surface area (Å²) in [6.07, 6.45) is 0. The summed E-state index contributed by atoms with van der Waals surface area (Å²) in [5, 5.41) is 0. The van der Waals surface area contributed by atoms with Crippen LogP contribution in [0.1, 0.15) is 5.56 Å². The first-order valence-corrected chi connectivity index (χ1v) is 18.4. The van der Waals surface area contributed by atoms with Gasteiger partial charge in [-0.1, -0.05) is 0 Å². The molecule has 0 N–H and O–H groups in total. The summed E-state index contributed by atoms with van der Waals surface area (Å²) < 4.78 is 4.22. The molecule has 1 aromatic rings. The van der Waals surface area contributed by atoms with Gasteiger partial charge in [-0.25, -0.2) is 0 Å². The van der Waals surface area contributed by atoms with Crippen molar-refractivity contribution in [1.29, 1.82) is 0 Å². The zero-order valence-corrected chi connectivity index (χ0v) is 16.1. The zero-order valence-electron chi connectivity index (χ0n) is 9.01. The minimum absolute atomic E-state index is 0.993. The first-order chi connectivity index (χ1) is 7.44. The van der Waals surface area contributed by atoms with Crippen molar-refractivity contribution >= 4 is 63.3 Å². The van der Waals surface area contributed by atoms with Crippen LogP contribution in [0.15, 0.2) is 27.9 Å². The normalized spacial score (nSPS) is 20.1. The maximum atomic E-state index is 3.97. The molecule has 0 spiro atoms.